The Bertz CT molecular complexity index is 360. The van der Waals surface area contributed by atoms with Crippen molar-refractivity contribution in [3.8, 4) is 0 Å². The van der Waals surface area contributed by atoms with Crippen molar-refractivity contribution in [2.45, 2.75) is 33.1 Å². The minimum absolute atomic E-state index is 0.0137. The summed E-state index contributed by atoms with van der Waals surface area (Å²) < 4.78 is 0. The Morgan fingerprint density at radius 1 is 1.21 bits per heavy atom. The fourth-order valence-electron chi connectivity index (χ4n) is 2.35. The zero-order valence-corrected chi connectivity index (χ0v) is 12.5. The molecule has 0 aromatic carbocycles. The predicted octanol–water partition coefficient (Wildman–Crippen LogP) is 0.770. The molecule has 6 heteroatoms. The molecule has 108 valence electrons. The van der Waals surface area contributed by atoms with E-state index < -0.39 is 0 Å². The van der Waals surface area contributed by atoms with Crippen molar-refractivity contribution in [2.75, 3.05) is 26.2 Å². The molecule has 1 saturated heterocycles. The Labute approximate surface area is 120 Å². The van der Waals surface area contributed by atoms with E-state index in [2.05, 4.69) is 0 Å². The first kappa shape index (κ1) is 15.9. The van der Waals surface area contributed by atoms with Crippen LogP contribution < -0.4 is 5.73 Å². The first-order chi connectivity index (χ1) is 8.97. The summed E-state index contributed by atoms with van der Waals surface area (Å²) in [7, 11) is 0. The number of carbonyl (C=O) groups is 2. The quantitative estimate of drug-likeness (QED) is 0.775. The van der Waals surface area contributed by atoms with Crippen LogP contribution in [0.5, 0.6) is 0 Å². The fraction of sp³-hybridized carbons (Fsp3) is 0.769. The summed E-state index contributed by atoms with van der Waals surface area (Å²) in [6.45, 7) is 6.12. The molecule has 0 bridgehead atoms. The van der Waals surface area contributed by atoms with Gasteiger partial charge in [-0.25, -0.2) is 0 Å². The van der Waals surface area contributed by atoms with Crippen LogP contribution in [0, 0.1) is 5.92 Å². The maximum atomic E-state index is 12.4. The van der Waals surface area contributed by atoms with Gasteiger partial charge in [0.1, 0.15) is 0 Å². The summed E-state index contributed by atoms with van der Waals surface area (Å²) in [4.78, 5) is 27.6. The highest BCUT2D eigenvalue weighted by Gasteiger charge is 2.27. The highest BCUT2D eigenvalue weighted by Crippen LogP contribution is 2.13. The predicted molar refractivity (Wildman–Crippen MR) is 78.6 cm³/mol. The molecule has 1 unspecified atom stereocenters. The van der Waals surface area contributed by atoms with Gasteiger partial charge in [-0.1, -0.05) is 25.6 Å². The van der Waals surface area contributed by atoms with Crippen molar-refractivity contribution in [1.29, 1.82) is 0 Å². The molecule has 1 aliphatic rings. The summed E-state index contributed by atoms with van der Waals surface area (Å²) >= 11 is 4.99. The Hall–Kier alpha value is -1.17. The SMILES string of the molecule is CCCC(C(=O)N1CCCN(C(C)=O)CC1)C(N)=S. The molecule has 0 radical (unpaired) electrons. The summed E-state index contributed by atoms with van der Waals surface area (Å²) in [5.41, 5.74) is 5.66. The maximum Gasteiger partial charge on any atom is 0.232 e. The third kappa shape index (κ3) is 4.45. The van der Waals surface area contributed by atoms with E-state index in [1.807, 2.05) is 6.92 Å². The van der Waals surface area contributed by atoms with Gasteiger partial charge in [-0.15, -0.1) is 0 Å². The molecule has 0 spiro atoms. The zero-order chi connectivity index (χ0) is 14.4. The Kier molecular flexibility index (Phi) is 6.21. The van der Waals surface area contributed by atoms with Gasteiger partial charge in [-0.3, -0.25) is 9.59 Å². The van der Waals surface area contributed by atoms with Crippen molar-refractivity contribution < 1.29 is 9.59 Å². The number of amides is 2. The van der Waals surface area contributed by atoms with E-state index in [1.165, 1.54) is 0 Å². The average Bonchev–Trinajstić information content (AvgIpc) is 2.60. The number of nitrogens with two attached hydrogens (primary N) is 1. The Balaban J connectivity index is 2.66. The van der Waals surface area contributed by atoms with Gasteiger partial charge in [-0.05, 0) is 12.8 Å². The lowest BCUT2D eigenvalue weighted by Crippen LogP contribution is -2.43. The van der Waals surface area contributed by atoms with Crippen molar-refractivity contribution in [1.82, 2.24) is 9.80 Å². The van der Waals surface area contributed by atoms with Gasteiger partial charge in [0.2, 0.25) is 11.8 Å². The molecule has 0 aromatic heterocycles. The highest BCUT2D eigenvalue weighted by molar-refractivity contribution is 7.80. The molecule has 2 N–H and O–H groups in total. The largest absolute Gasteiger partial charge is 0.393 e. The lowest BCUT2D eigenvalue weighted by atomic mass is 10.0. The van der Waals surface area contributed by atoms with E-state index in [9.17, 15) is 9.59 Å². The van der Waals surface area contributed by atoms with Crippen LogP contribution in [-0.4, -0.2) is 52.8 Å². The van der Waals surface area contributed by atoms with E-state index >= 15 is 0 Å². The Morgan fingerprint density at radius 3 is 2.32 bits per heavy atom. The van der Waals surface area contributed by atoms with Crippen LogP contribution in [-0.2, 0) is 9.59 Å². The molecule has 1 rings (SSSR count). The van der Waals surface area contributed by atoms with Crippen molar-refractivity contribution in [3.05, 3.63) is 0 Å². The molecule has 2 amide bonds. The molecule has 0 aromatic rings. The fourth-order valence-corrected chi connectivity index (χ4v) is 2.57. The minimum Gasteiger partial charge on any atom is -0.393 e. The van der Waals surface area contributed by atoms with Gasteiger partial charge < -0.3 is 15.5 Å². The maximum absolute atomic E-state index is 12.4. The molecular formula is C13H23N3O2S. The van der Waals surface area contributed by atoms with Crippen molar-refractivity contribution in [2.24, 2.45) is 11.7 Å². The topological polar surface area (TPSA) is 66.6 Å². The van der Waals surface area contributed by atoms with Crippen LogP contribution in [0.1, 0.15) is 33.1 Å². The number of carbonyl (C=O) groups excluding carboxylic acids is 2. The molecule has 19 heavy (non-hydrogen) atoms. The van der Waals surface area contributed by atoms with Crippen LogP contribution >= 0.6 is 12.2 Å². The number of hydrogen-bond donors (Lipinski definition) is 1. The van der Waals surface area contributed by atoms with Gasteiger partial charge in [-0.2, -0.15) is 0 Å². The third-order valence-corrected chi connectivity index (χ3v) is 3.76. The summed E-state index contributed by atoms with van der Waals surface area (Å²) in [5, 5.41) is 0. The molecule has 1 heterocycles. The molecule has 5 nitrogen and oxygen atoms in total. The number of thiocarbonyl (C=S) groups is 1. The molecule has 1 aliphatic heterocycles. The van der Waals surface area contributed by atoms with Crippen molar-refractivity contribution in [3.63, 3.8) is 0 Å². The smallest absolute Gasteiger partial charge is 0.232 e. The van der Waals surface area contributed by atoms with Gasteiger partial charge in [0, 0.05) is 33.1 Å². The van der Waals surface area contributed by atoms with Crippen LogP contribution in [0.3, 0.4) is 0 Å². The van der Waals surface area contributed by atoms with E-state index in [-0.39, 0.29) is 22.7 Å². The first-order valence-electron chi connectivity index (χ1n) is 6.81. The second-order valence-corrected chi connectivity index (χ2v) is 5.40. The lowest BCUT2D eigenvalue weighted by Gasteiger charge is -2.25. The normalized spacial score (nSPS) is 17.8. The summed E-state index contributed by atoms with van der Waals surface area (Å²) in [5.74, 6) is -0.280. The molecule has 0 aliphatic carbocycles. The molecule has 1 fully saturated rings. The second kappa shape index (κ2) is 7.43. The lowest BCUT2D eigenvalue weighted by molar-refractivity contribution is -0.134. The number of rotatable bonds is 4. The second-order valence-electron chi connectivity index (χ2n) is 4.93. The summed E-state index contributed by atoms with van der Waals surface area (Å²) in [6, 6.07) is 0. The van der Waals surface area contributed by atoms with Crippen LogP contribution in [0.25, 0.3) is 0 Å². The standard InChI is InChI=1S/C13H23N3O2S/c1-3-5-11(12(14)19)13(18)16-7-4-6-15(8-9-16)10(2)17/h11H,3-9H2,1-2H3,(H2,14,19). The highest BCUT2D eigenvalue weighted by atomic mass is 32.1. The number of hydrogen-bond acceptors (Lipinski definition) is 3. The minimum atomic E-state index is -0.358. The molecular weight excluding hydrogens is 262 g/mol. The van der Waals surface area contributed by atoms with Crippen LogP contribution in [0.15, 0.2) is 0 Å². The van der Waals surface area contributed by atoms with Gasteiger partial charge in [0.05, 0.1) is 10.9 Å². The monoisotopic (exact) mass is 285 g/mol. The van der Waals surface area contributed by atoms with Crippen LogP contribution in [0.4, 0.5) is 0 Å². The van der Waals surface area contributed by atoms with E-state index in [1.54, 1.807) is 16.7 Å². The molecule has 0 saturated carbocycles. The number of nitrogens with zero attached hydrogens (tertiary/aromatic N) is 2. The van der Waals surface area contributed by atoms with E-state index in [0.717, 1.165) is 12.8 Å². The van der Waals surface area contributed by atoms with E-state index in [4.69, 9.17) is 18.0 Å². The van der Waals surface area contributed by atoms with Gasteiger partial charge >= 0.3 is 0 Å². The first-order valence-corrected chi connectivity index (χ1v) is 7.21. The Morgan fingerprint density at radius 2 is 1.79 bits per heavy atom. The summed E-state index contributed by atoms with van der Waals surface area (Å²) in [6.07, 6.45) is 2.38. The molecule has 1 atom stereocenters. The average molecular weight is 285 g/mol. The van der Waals surface area contributed by atoms with Gasteiger partial charge in [0.25, 0.3) is 0 Å². The van der Waals surface area contributed by atoms with E-state index in [0.29, 0.717) is 32.6 Å². The zero-order valence-electron chi connectivity index (χ0n) is 11.7. The third-order valence-electron chi connectivity index (χ3n) is 3.47. The van der Waals surface area contributed by atoms with Crippen molar-refractivity contribution >= 4 is 29.0 Å². The van der Waals surface area contributed by atoms with Crippen LogP contribution in [0.2, 0.25) is 0 Å². The van der Waals surface area contributed by atoms with Gasteiger partial charge in [0.15, 0.2) is 0 Å².